The summed E-state index contributed by atoms with van der Waals surface area (Å²) in [6.07, 6.45) is 18.4. The third-order valence-corrected chi connectivity index (χ3v) is 6.95. The number of halogens is 1. The second kappa shape index (κ2) is 10.5. The number of unbranched alkanes of at least 4 members (excludes halogenated alkanes) is 7. The van der Waals surface area contributed by atoms with Crippen LogP contribution in [-0.2, 0) is 0 Å². The van der Waals surface area contributed by atoms with E-state index in [9.17, 15) is 9.18 Å². The predicted octanol–water partition coefficient (Wildman–Crippen LogP) is 5.53. The Hall–Kier alpha value is -1.49. The van der Waals surface area contributed by atoms with E-state index in [1.54, 1.807) is 0 Å². The van der Waals surface area contributed by atoms with Gasteiger partial charge in [-0.3, -0.25) is 4.79 Å². The lowest BCUT2D eigenvalue weighted by atomic mass is 9.78. The summed E-state index contributed by atoms with van der Waals surface area (Å²) in [4.78, 5) is 16.6. The van der Waals surface area contributed by atoms with Gasteiger partial charge in [-0.05, 0) is 63.6 Å². The van der Waals surface area contributed by atoms with Crippen molar-refractivity contribution in [1.82, 2.24) is 15.6 Å². The molecular weight excluding hydrogens is 365 g/mol. The number of nitrogens with one attached hydrogen (secondary N) is 2. The first-order valence-electron chi connectivity index (χ1n) is 11.8. The summed E-state index contributed by atoms with van der Waals surface area (Å²) in [5.74, 6) is -0.918. The number of fused-ring (bicyclic) bond motifs is 2. The SMILES string of the molecule is CCCCCCCCCCNC12CCCC(NC(=O)c3ncccc3F)(CC1)C2. The number of hydrogen-bond donors (Lipinski definition) is 2. The standard InChI is InChI=1S/C24H38FN3O/c1-2-3-4-5-6-7-8-9-18-27-23-13-11-14-24(19-23,16-15-23)28-22(29)21-20(25)12-10-17-26-21/h10,12,17,27H,2-9,11,13-16,18-19H2,1H3,(H,28,29). The molecule has 162 valence electrons. The van der Waals surface area contributed by atoms with Crippen molar-refractivity contribution in [2.24, 2.45) is 0 Å². The predicted molar refractivity (Wildman–Crippen MR) is 115 cm³/mol. The molecule has 5 heteroatoms. The normalized spacial score (nSPS) is 25.9. The van der Waals surface area contributed by atoms with E-state index in [4.69, 9.17) is 0 Å². The Balaban J connectivity index is 1.42. The average molecular weight is 404 g/mol. The zero-order valence-electron chi connectivity index (χ0n) is 18.1. The van der Waals surface area contributed by atoms with Crippen molar-refractivity contribution in [2.75, 3.05) is 6.54 Å². The average Bonchev–Trinajstić information content (AvgIpc) is 2.97. The van der Waals surface area contributed by atoms with Gasteiger partial charge in [0.05, 0.1) is 0 Å². The molecule has 3 rings (SSSR count). The number of nitrogens with zero attached hydrogens (tertiary/aromatic N) is 1. The lowest BCUT2D eigenvalue weighted by Crippen LogP contribution is -2.54. The van der Waals surface area contributed by atoms with E-state index in [1.807, 2.05) is 0 Å². The van der Waals surface area contributed by atoms with Crippen LogP contribution in [0.1, 0.15) is 107 Å². The van der Waals surface area contributed by atoms with Gasteiger partial charge in [0.2, 0.25) is 0 Å². The lowest BCUT2D eigenvalue weighted by Gasteiger charge is -2.40. The second-order valence-electron chi connectivity index (χ2n) is 9.28. The summed E-state index contributed by atoms with van der Waals surface area (Å²) in [5.41, 5.74) is -0.141. The molecule has 29 heavy (non-hydrogen) atoms. The van der Waals surface area contributed by atoms with Crippen molar-refractivity contribution >= 4 is 5.91 Å². The highest BCUT2D eigenvalue weighted by Gasteiger charge is 2.51. The molecule has 1 heterocycles. The molecule has 0 aromatic carbocycles. The van der Waals surface area contributed by atoms with Crippen LogP contribution >= 0.6 is 0 Å². The van der Waals surface area contributed by atoms with Crippen LogP contribution in [-0.4, -0.2) is 28.5 Å². The van der Waals surface area contributed by atoms with Gasteiger partial charge >= 0.3 is 0 Å². The molecule has 2 aliphatic rings. The Morgan fingerprint density at radius 1 is 1.03 bits per heavy atom. The maximum atomic E-state index is 13.9. The highest BCUT2D eigenvalue weighted by atomic mass is 19.1. The molecule has 4 nitrogen and oxygen atoms in total. The monoisotopic (exact) mass is 403 g/mol. The maximum absolute atomic E-state index is 13.9. The minimum absolute atomic E-state index is 0.0863. The lowest BCUT2D eigenvalue weighted by molar-refractivity contribution is 0.0859. The van der Waals surface area contributed by atoms with Gasteiger partial charge in [-0.2, -0.15) is 0 Å². The van der Waals surface area contributed by atoms with Gasteiger partial charge in [-0.15, -0.1) is 0 Å². The highest BCUT2D eigenvalue weighted by molar-refractivity contribution is 5.93. The smallest absolute Gasteiger partial charge is 0.273 e. The Morgan fingerprint density at radius 2 is 1.72 bits per heavy atom. The molecule has 2 N–H and O–H groups in total. The van der Waals surface area contributed by atoms with Crippen LogP contribution in [0, 0.1) is 5.82 Å². The fraction of sp³-hybridized carbons (Fsp3) is 0.750. The largest absolute Gasteiger partial charge is 0.345 e. The summed E-state index contributed by atoms with van der Waals surface area (Å²) in [5, 5.41) is 7.01. The van der Waals surface area contributed by atoms with Gasteiger partial charge in [-0.1, -0.05) is 51.9 Å². The van der Waals surface area contributed by atoms with Crippen molar-refractivity contribution < 1.29 is 9.18 Å². The molecule has 0 spiro atoms. The van der Waals surface area contributed by atoms with E-state index in [0.29, 0.717) is 0 Å². The quantitative estimate of drug-likeness (QED) is 0.451. The summed E-state index contributed by atoms with van der Waals surface area (Å²) in [6.45, 7) is 3.32. The summed E-state index contributed by atoms with van der Waals surface area (Å²) in [6, 6.07) is 2.81. The van der Waals surface area contributed by atoms with Crippen LogP contribution in [0.15, 0.2) is 18.3 Å². The number of amides is 1. The van der Waals surface area contributed by atoms with E-state index in [-0.39, 0.29) is 22.7 Å². The van der Waals surface area contributed by atoms with E-state index < -0.39 is 5.82 Å². The Morgan fingerprint density at radius 3 is 2.48 bits per heavy atom. The minimum atomic E-state index is -0.547. The molecule has 0 saturated heterocycles. The zero-order chi connectivity index (χ0) is 20.6. The zero-order valence-corrected chi connectivity index (χ0v) is 18.1. The third kappa shape index (κ3) is 6.00. The molecule has 2 unspecified atom stereocenters. The van der Waals surface area contributed by atoms with Crippen molar-refractivity contribution in [3.63, 3.8) is 0 Å². The Kier molecular flexibility index (Phi) is 8.05. The molecule has 2 bridgehead atoms. The van der Waals surface area contributed by atoms with Gasteiger partial charge in [0.1, 0.15) is 0 Å². The van der Waals surface area contributed by atoms with Crippen LogP contribution in [0.3, 0.4) is 0 Å². The number of carbonyl (C=O) groups is 1. The molecule has 0 radical (unpaired) electrons. The molecule has 1 aromatic heterocycles. The van der Waals surface area contributed by atoms with Gasteiger partial charge in [0.15, 0.2) is 11.5 Å². The highest BCUT2D eigenvalue weighted by Crippen LogP contribution is 2.48. The van der Waals surface area contributed by atoms with E-state index in [0.717, 1.165) is 38.6 Å². The molecule has 0 aliphatic heterocycles. The minimum Gasteiger partial charge on any atom is -0.345 e. The van der Waals surface area contributed by atoms with Crippen molar-refractivity contribution in [1.29, 1.82) is 0 Å². The molecule has 2 saturated carbocycles. The fourth-order valence-corrected chi connectivity index (χ4v) is 5.37. The fourth-order valence-electron chi connectivity index (χ4n) is 5.37. The van der Waals surface area contributed by atoms with Crippen LogP contribution in [0.2, 0.25) is 0 Å². The number of carbonyl (C=O) groups excluding carboxylic acids is 1. The number of pyridine rings is 1. The first kappa shape index (κ1) is 22.2. The second-order valence-corrected chi connectivity index (χ2v) is 9.28. The van der Waals surface area contributed by atoms with Crippen LogP contribution < -0.4 is 10.6 Å². The third-order valence-electron chi connectivity index (χ3n) is 6.95. The van der Waals surface area contributed by atoms with Gasteiger partial charge in [0.25, 0.3) is 5.91 Å². The van der Waals surface area contributed by atoms with Crippen molar-refractivity contribution in [3.05, 3.63) is 29.8 Å². The van der Waals surface area contributed by atoms with Crippen molar-refractivity contribution in [3.8, 4) is 0 Å². The van der Waals surface area contributed by atoms with Gasteiger partial charge < -0.3 is 10.6 Å². The summed E-state index contributed by atoms with van der Waals surface area (Å²) in [7, 11) is 0. The van der Waals surface area contributed by atoms with Crippen molar-refractivity contribution in [2.45, 2.75) is 108 Å². The molecule has 1 aromatic rings. The summed E-state index contributed by atoms with van der Waals surface area (Å²) >= 11 is 0. The maximum Gasteiger partial charge on any atom is 0.273 e. The molecule has 2 fully saturated rings. The van der Waals surface area contributed by atoms with E-state index >= 15 is 0 Å². The van der Waals surface area contributed by atoms with Crippen LogP contribution in [0.5, 0.6) is 0 Å². The van der Waals surface area contributed by atoms with Crippen LogP contribution in [0.25, 0.3) is 0 Å². The van der Waals surface area contributed by atoms with Gasteiger partial charge in [0, 0.05) is 17.3 Å². The molecular formula is C24H38FN3O. The number of hydrogen-bond acceptors (Lipinski definition) is 3. The first-order chi connectivity index (χ1) is 14.1. The first-order valence-corrected chi connectivity index (χ1v) is 11.8. The van der Waals surface area contributed by atoms with Crippen LogP contribution in [0.4, 0.5) is 4.39 Å². The van der Waals surface area contributed by atoms with Gasteiger partial charge in [-0.25, -0.2) is 9.37 Å². The molecule has 2 atom stereocenters. The summed E-state index contributed by atoms with van der Waals surface area (Å²) < 4.78 is 13.9. The molecule has 2 aliphatic carbocycles. The Labute approximate surface area is 175 Å². The number of aromatic nitrogens is 1. The Bertz CT molecular complexity index is 667. The molecule has 1 amide bonds. The number of rotatable bonds is 12. The van der Waals surface area contributed by atoms with E-state index in [2.05, 4.69) is 22.5 Å². The van der Waals surface area contributed by atoms with E-state index in [1.165, 1.54) is 76.1 Å². The topological polar surface area (TPSA) is 54.0 Å².